The van der Waals surface area contributed by atoms with Gasteiger partial charge in [-0.1, -0.05) is 6.07 Å². The van der Waals surface area contributed by atoms with Crippen molar-refractivity contribution in [3.8, 4) is 11.1 Å². The quantitative estimate of drug-likeness (QED) is 0.647. The number of imidazole rings is 1. The average Bonchev–Trinajstić information content (AvgIpc) is 2.75. The first-order valence-electron chi connectivity index (χ1n) is 4.98. The summed E-state index contributed by atoms with van der Waals surface area (Å²) in [5.74, 6) is 0.530. The second-order valence-electron chi connectivity index (χ2n) is 3.60. The summed E-state index contributed by atoms with van der Waals surface area (Å²) < 4.78 is 0. The van der Waals surface area contributed by atoms with Crippen LogP contribution in [0.4, 0.5) is 5.82 Å². The lowest BCUT2D eigenvalue weighted by molar-refractivity contribution is 1.34. The van der Waals surface area contributed by atoms with Gasteiger partial charge in [-0.25, -0.2) is 9.97 Å². The van der Waals surface area contributed by atoms with E-state index in [-0.39, 0.29) is 0 Å². The molecule has 0 aliphatic rings. The van der Waals surface area contributed by atoms with Crippen LogP contribution < -0.4 is 5.73 Å². The van der Waals surface area contributed by atoms with Crippen LogP contribution in [0.5, 0.6) is 0 Å². The van der Waals surface area contributed by atoms with Crippen LogP contribution in [0.1, 0.15) is 0 Å². The fourth-order valence-electron chi connectivity index (χ4n) is 1.74. The highest BCUT2D eigenvalue weighted by Gasteiger charge is 2.01. The lowest BCUT2D eigenvalue weighted by Gasteiger charge is -2.02. The van der Waals surface area contributed by atoms with Crippen LogP contribution >= 0.6 is 0 Å². The molecule has 0 atom stereocenters. The van der Waals surface area contributed by atoms with E-state index in [0.717, 1.165) is 22.2 Å². The van der Waals surface area contributed by atoms with Crippen molar-refractivity contribution in [3.63, 3.8) is 0 Å². The Balaban J connectivity index is 2.18. The Morgan fingerprint density at radius 3 is 2.75 bits per heavy atom. The highest BCUT2D eigenvalue weighted by Crippen LogP contribution is 2.23. The zero-order valence-corrected chi connectivity index (χ0v) is 8.51. The number of aromatic amines is 1. The van der Waals surface area contributed by atoms with Crippen molar-refractivity contribution in [2.75, 3.05) is 5.73 Å². The number of rotatable bonds is 1. The van der Waals surface area contributed by atoms with E-state index in [4.69, 9.17) is 5.73 Å². The second kappa shape index (κ2) is 3.34. The lowest BCUT2D eigenvalue weighted by Crippen LogP contribution is -1.89. The van der Waals surface area contributed by atoms with E-state index in [1.807, 2.05) is 24.3 Å². The van der Waals surface area contributed by atoms with Crippen molar-refractivity contribution in [1.82, 2.24) is 15.0 Å². The monoisotopic (exact) mass is 210 g/mol. The molecule has 0 fully saturated rings. The predicted octanol–water partition coefficient (Wildman–Crippen LogP) is 2.21. The number of H-pyrrole nitrogens is 1. The maximum absolute atomic E-state index is 5.66. The summed E-state index contributed by atoms with van der Waals surface area (Å²) in [5.41, 5.74) is 9.80. The van der Waals surface area contributed by atoms with Gasteiger partial charge in [0, 0.05) is 6.20 Å². The van der Waals surface area contributed by atoms with Gasteiger partial charge in [-0.2, -0.15) is 0 Å². The normalized spacial score (nSPS) is 10.8. The number of hydrogen-bond acceptors (Lipinski definition) is 3. The van der Waals surface area contributed by atoms with E-state index < -0.39 is 0 Å². The minimum Gasteiger partial charge on any atom is -0.384 e. The maximum Gasteiger partial charge on any atom is 0.123 e. The van der Waals surface area contributed by atoms with Crippen LogP contribution in [0, 0.1) is 0 Å². The average molecular weight is 210 g/mol. The zero-order chi connectivity index (χ0) is 11.0. The number of hydrogen-bond donors (Lipinski definition) is 2. The third-order valence-corrected chi connectivity index (χ3v) is 2.53. The number of nitrogen functional groups attached to an aromatic ring is 1. The van der Waals surface area contributed by atoms with Crippen molar-refractivity contribution < 1.29 is 0 Å². The van der Waals surface area contributed by atoms with Gasteiger partial charge in [0.25, 0.3) is 0 Å². The van der Waals surface area contributed by atoms with Gasteiger partial charge in [0.2, 0.25) is 0 Å². The summed E-state index contributed by atoms with van der Waals surface area (Å²) in [4.78, 5) is 11.2. The van der Waals surface area contributed by atoms with E-state index in [1.165, 1.54) is 0 Å². The Morgan fingerprint density at radius 2 is 1.88 bits per heavy atom. The van der Waals surface area contributed by atoms with Gasteiger partial charge in [-0.15, -0.1) is 0 Å². The van der Waals surface area contributed by atoms with E-state index >= 15 is 0 Å². The van der Waals surface area contributed by atoms with Crippen LogP contribution in [0.15, 0.2) is 42.9 Å². The van der Waals surface area contributed by atoms with Crippen LogP contribution in [0.2, 0.25) is 0 Å². The molecule has 0 aliphatic carbocycles. The second-order valence-corrected chi connectivity index (χ2v) is 3.60. The number of benzene rings is 1. The molecule has 1 aromatic carbocycles. The highest BCUT2D eigenvalue weighted by atomic mass is 14.9. The summed E-state index contributed by atoms with van der Waals surface area (Å²) in [5, 5.41) is 0. The minimum absolute atomic E-state index is 0.530. The first-order chi connectivity index (χ1) is 7.83. The maximum atomic E-state index is 5.66. The number of aromatic nitrogens is 3. The van der Waals surface area contributed by atoms with E-state index in [2.05, 4.69) is 21.0 Å². The van der Waals surface area contributed by atoms with Gasteiger partial charge < -0.3 is 10.7 Å². The minimum atomic E-state index is 0.530. The van der Waals surface area contributed by atoms with Crippen LogP contribution in [0.25, 0.3) is 22.2 Å². The fraction of sp³-hybridized carbons (Fsp3) is 0. The molecule has 4 nitrogen and oxygen atoms in total. The zero-order valence-electron chi connectivity index (χ0n) is 8.51. The molecule has 3 N–H and O–H groups in total. The Morgan fingerprint density at radius 1 is 1.00 bits per heavy atom. The number of anilines is 1. The van der Waals surface area contributed by atoms with Crippen molar-refractivity contribution in [2.24, 2.45) is 0 Å². The molecular weight excluding hydrogens is 200 g/mol. The molecule has 3 rings (SSSR count). The molecular formula is C12H10N4. The summed E-state index contributed by atoms with van der Waals surface area (Å²) in [6.07, 6.45) is 3.40. The van der Waals surface area contributed by atoms with Crippen molar-refractivity contribution in [3.05, 3.63) is 42.9 Å². The SMILES string of the molecule is Nc1cc(-c2ccc3nc[nH]c3c2)ccn1. The van der Waals surface area contributed by atoms with Crippen molar-refractivity contribution >= 4 is 16.9 Å². The molecule has 0 spiro atoms. The summed E-state index contributed by atoms with van der Waals surface area (Å²) in [6.45, 7) is 0. The molecule has 4 heteroatoms. The molecule has 2 heterocycles. The number of pyridine rings is 1. The molecule has 0 radical (unpaired) electrons. The Kier molecular flexibility index (Phi) is 1.86. The molecule has 0 bridgehead atoms. The van der Waals surface area contributed by atoms with Gasteiger partial charge in [0.1, 0.15) is 5.82 Å². The number of fused-ring (bicyclic) bond motifs is 1. The molecule has 2 aromatic heterocycles. The van der Waals surface area contributed by atoms with E-state index in [0.29, 0.717) is 5.82 Å². The summed E-state index contributed by atoms with van der Waals surface area (Å²) in [7, 11) is 0. The summed E-state index contributed by atoms with van der Waals surface area (Å²) in [6, 6.07) is 9.86. The standard InChI is InChI=1S/C12H10N4/c13-12-6-9(3-4-14-12)8-1-2-10-11(5-8)16-7-15-10/h1-7H,(H2,13,14)(H,15,16). The Labute approximate surface area is 92.2 Å². The molecule has 0 saturated heterocycles. The van der Waals surface area contributed by atoms with Crippen LogP contribution in [-0.2, 0) is 0 Å². The van der Waals surface area contributed by atoms with Gasteiger partial charge in [0.15, 0.2) is 0 Å². The number of nitrogens with one attached hydrogen (secondary N) is 1. The van der Waals surface area contributed by atoms with Crippen LogP contribution in [0.3, 0.4) is 0 Å². The molecule has 0 aliphatic heterocycles. The number of nitrogens with two attached hydrogens (primary N) is 1. The fourth-order valence-corrected chi connectivity index (χ4v) is 1.74. The molecule has 3 aromatic rings. The topological polar surface area (TPSA) is 67.6 Å². The first-order valence-corrected chi connectivity index (χ1v) is 4.98. The third kappa shape index (κ3) is 1.40. The van der Waals surface area contributed by atoms with Gasteiger partial charge >= 0.3 is 0 Å². The lowest BCUT2D eigenvalue weighted by atomic mass is 10.1. The van der Waals surface area contributed by atoms with Crippen molar-refractivity contribution in [2.45, 2.75) is 0 Å². The predicted molar refractivity (Wildman–Crippen MR) is 63.7 cm³/mol. The van der Waals surface area contributed by atoms with E-state index in [1.54, 1.807) is 12.5 Å². The summed E-state index contributed by atoms with van der Waals surface area (Å²) >= 11 is 0. The molecule has 16 heavy (non-hydrogen) atoms. The van der Waals surface area contributed by atoms with E-state index in [9.17, 15) is 0 Å². The Bertz CT molecular complexity index is 642. The molecule has 78 valence electrons. The largest absolute Gasteiger partial charge is 0.384 e. The van der Waals surface area contributed by atoms with Gasteiger partial charge in [-0.3, -0.25) is 0 Å². The molecule has 0 saturated carbocycles. The molecule has 0 unspecified atom stereocenters. The molecule has 0 amide bonds. The van der Waals surface area contributed by atoms with Crippen molar-refractivity contribution in [1.29, 1.82) is 0 Å². The smallest absolute Gasteiger partial charge is 0.123 e. The van der Waals surface area contributed by atoms with Gasteiger partial charge in [0.05, 0.1) is 17.4 Å². The third-order valence-electron chi connectivity index (χ3n) is 2.53. The van der Waals surface area contributed by atoms with Crippen LogP contribution in [-0.4, -0.2) is 15.0 Å². The number of nitrogens with zero attached hydrogens (tertiary/aromatic N) is 2. The first kappa shape index (κ1) is 8.91. The Hall–Kier alpha value is -2.36. The van der Waals surface area contributed by atoms with Gasteiger partial charge in [-0.05, 0) is 35.4 Å². The highest BCUT2D eigenvalue weighted by molar-refractivity contribution is 5.81.